The topological polar surface area (TPSA) is 81.2 Å². The van der Waals surface area contributed by atoms with E-state index in [2.05, 4.69) is 15.3 Å². The van der Waals surface area contributed by atoms with Crippen molar-refractivity contribution in [1.82, 2.24) is 15.3 Å². The van der Waals surface area contributed by atoms with Crippen molar-refractivity contribution in [2.24, 2.45) is 0 Å². The van der Waals surface area contributed by atoms with Gasteiger partial charge < -0.3 is 20.3 Å². The number of alkyl halides is 1. The number of rotatable bonds is 2. The highest BCUT2D eigenvalue weighted by molar-refractivity contribution is 5.77. The van der Waals surface area contributed by atoms with E-state index in [9.17, 15) is 9.18 Å². The monoisotopic (exact) mass is 278 g/mol. The summed E-state index contributed by atoms with van der Waals surface area (Å²) < 4.78 is 13.7. The second-order valence-corrected chi connectivity index (χ2v) is 4.88. The Morgan fingerprint density at radius 2 is 2.30 bits per heavy atom. The van der Waals surface area contributed by atoms with Gasteiger partial charge in [-0.1, -0.05) is 12.1 Å². The van der Waals surface area contributed by atoms with Crippen molar-refractivity contribution in [3.63, 3.8) is 0 Å². The van der Waals surface area contributed by atoms with Crippen molar-refractivity contribution in [2.45, 2.75) is 18.6 Å². The summed E-state index contributed by atoms with van der Waals surface area (Å²) in [7, 11) is 0. The predicted molar refractivity (Wildman–Crippen MR) is 72.8 cm³/mol. The highest BCUT2D eigenvalue weighted by atomic mass is 19.1. The van der Waals surface area contributed by atoms with Crippen molar-refractivity contribution in [1.29, 1.82) is 0 Å². The Balaban J connectivity index is 1.81. The van der Waals surface area contributed by atoms with Gasteiger partial charge in [-0.3, -0.25) is 0 Å². The smallest absolute Gasteiger partial charge is 0.405 e. The third-order valence-electron chi connectivity index (χ3n) is 3.51. The number of hydrogen-bond donors (Lipinski definition) is 3. The van der Waals surface area contributed by atoms with Gasteiger partial charge in [-0.25, -0.2) is 14.2 Å². The number of aromatic nitrogens is 2. The highest BCUT2D eigenvalue weighted by Gasteiger charge is 2.31. The van der Waals surface area contributed by atoms with E-state index < -0.39 is 18.3 Å². The molecule has 2 heterocycles. The summed E-state index contributed by atoms with van der Waals surface area (Å²) >= 11 is 0. The number of carboxylic acid groups (broad SMARTS) is 1. The summed E-state index contributed by atoms with van der Waals surface area (Å²) in [6, 6.07) is 6.89. The minimum Gasteiger partial charge on any atom is -0.465 e. The van der Waals surface area contributed by atoms with Crippen LogP contribution in [-0.4, -0.2) is 46.5 Å². The maximum atomic E-state index is 13.7. The van der Waals surface area contributed by atoms with Crippen molar-refractivity contribution >= 4 is 23.1 Å². The number of imidazole rings is 1. The van der Waals surface area contributed by atoms with Gasteiger partial charge in [0.05, 0.1) is 17.1 Å². The third kappa shape index (κ3) is 2.38. The van der Waals surface area contributed by atoms with Crippen LogP contribution in [-0.2, 0) is 0 Å². The Labute approximate surface area is 114 Å². The number of H-pyrrole nitrogens is 1. The van der Waals surface area contributed by atoms with Crippen LogP contribution in [0.2, 0.25) is 0 Å². The van der Waals surface area contributed by atoms with Crippen LogP contribution in [0.4, 0.5) is 15.1 Å². The zero-order valence-electron chi connectivity index (χ0n) is 10.7. The number of hydrogen-bond acceptors (Lipinski definition) is 3. The lowest BCUT2D eigenvalue weighted by Crippen LogP contribution is -2.53. The standard InChI is InChI=1S/C13H15FN4O2/c14-8-5-6-18(7-11(8)17-13(19)20)12-15-9-3-1-2-4-10(9)16-12/h1-4,8,11,17H,5-7H2,(H,15,16)(H,19,20)/t8-,11+/m0/s1. The molecule has 0 unspecified atom stereocenters. The van der Waals surface area contributed by atoms with Crippen LogP contribution in [0.15, 0.2) is 24.3 Å². The normalized spacial score (nSPS) is 22.9. The van der Waals surface area contributed by atoms with E-state index in [-0.39, 0.29) is 13.0 Å². The van der Waals surface area contributed by atoms with E-state index in [0.29, 0.717) is 12.5 Å². The number of piperidine rings is 1. The lowest BCUT2D eigenvalue weighted by molar-refractivity contribution is 0.167. The molecular formula is C13H15FN4O2. The van der Waals surface area contributed by atoms with Crippen LogP contribution in [0, 0.1) is 0 Å². The first-order valence-corrected chi connectivity index (χ1v) is 6.47. The second kappa shape index (κ2) is 4.99. The molecule has 6 nitrogen and oxygen atoms in total. The molecule has 0 bridgehead atoms. The molecule has 0 saturated carbocycles. The minimum absolute atomic E-state index is 0.271. The van der Waals surface area contributed by atoms with Gasteiger partial charge in [0.2, 0.25) is 5.95 Å². The van der Waals surface area contributed by atoms with Gasteiger partial charge in [0.25, 0.3) is 0 Å². The molecule has 1 amide bonds. The minimum atomic E-state index is -1.20. The van der Waals surface area contributed by atoms with Crippen LogP contribution < -0.4 is 10.2 Å². The molecule has 0 spiro atoms. The van der Waals surface area contributed by atoms with E-state index in [1.165, 1.54) is 0 Å². The van der Waals surface area contributed by atoms with Crippen LogP contribution in [0.3, 0.4) is 0 Å². The van der Waals surface area contributed by atoms with Crippen LogP contribution in [0.25, 0.3) is 11.0 Å². The molecule has 3 rings (SSSR count). The van der Waals surface area contributed by atoms with Gasteiger partial charge in [0.15, 0.2) is 0 Å². The molecule has 1 aliphatic heterocycles. The zero-order valence-corrected chi connectivity index (χ0v) is 10.7. The Morgan fingerprint density at radius 1 is 1.50 bits per heavy atom. The first-order chi connectivity index (χ1) is 9.63. The number of fused-ring (bicyclic) bond motifs is 1. The Hall–Kier alpha value is -2.31. The fourth-order valence-electron chi connectivity index (χ4n) is 2.50. The second-order valence-electron chi connectivity index (χ2n) is 4.88. The maximum Gasteiger partial charge on any atom is 0.405 e. The van der Waals surface area contributed by atoms with Crippen molar-refractivity contribution in [3.05, 3.63) is 24.3 Å². The molecule has 20 heavy (non-hydrogen) atoms. The lowest BCUT2D eigenvalue weighted by atomic mass is 10.0. The van der Waals surface area contributed by atoms with E-state index in [4.69, 9.17) is 5.11 Å². The molecule has 106 valence electrons. The van der Waals surface area contributed by atoms with Gasteiger partial charge in [-0.05, 0) is 18.6 Å². The number of amides is 1. The fraction of sp³-hybridized carbons (Fsp3) is 0.385. The molecule has 3 N–H and O–H groups in total. The number of nitrogens with zero attached hydrogens (tertiary/aromatic N) is 2. The Morgan fingerprint density at radius 3 is 3.05 bits per heavy atom. The molecule has 1 fully saturated rings. The van der Waals surface area contributed by atoms with Crippen LogP contribution >= 0.6 is 0 Å². The SMILES string of the molecule is O=C(O)N[C@@H]1CN(c2nc3ccccc3[nH]2)CC[C@@H]1F. The molecule has 1 saturated heterocycles. The molecule has 2 atom stereocenters. The number of carbonyl (C=O) groups is 1. The molecule has 0 radical (unpaired) electrons. The van der Waals surface area contributed by atoms with Gasteiger partial charge in [-0.15, -0.1) is 0 Å². The van der Waals surface area contributed by atoms with Crippen LogP contribution in [0.5, 0.6) is 0 Å². The van der Waals surface area contributed by atoms with Gasteiger partial charge in [0.1, 0.15) is 6.17 Å². The number of benzene rings is 1. The number of para-hydroxylation sites is 2. The summed E-state index contributed by atoms with van der Waals surface area (Å²) in [5.74, 6) is 0.648. The summed E-state index contributed by atoms with van der Waals surface area (Å²) in [5, 5.41) is 11.0. The van der Waals surface area contributed by atoms with Crippen LogP contribution in [0.1, 0.15) is 6.42 Å². The summed E-state index contributed by atoms with van der Waals surface area (Å²) in [5.41, 5.74) is 1.75. The average Bonchev–Trinajstić information content (AvgIpc) is 2.84. The molecule has 1 aliphatic rings. The maximum absolute atomic E-state index is 13.7. The molecule has 7 heteroatoms. The molecule has 0 aliphatic carbocycles. The molecule has 2 aromatic rings. The van der Waals surface area contributed by atoms with E-state index >= 15 is 0 Å². The first kappa shape index (κ1) is 12.7. The average molecular weight is 278 g/mol. The Bertz CT molecular complexity index is 597. The Kier molecular flexibility index (Phi) is 3.17. The quantitative estimate of drug-likeness (QED) is 0.781. The molecule has 1 aromatic heterocycles. The number of anilines is 1. The largest absolute Gasteiger partial charge is 0.465 e. The van der Waals surface area contributed by atoms with Crippen molar-refractivity contribution in [3.8, 4) is 0 Å². The van der Waals surface area contributed by atoms with Crippen molar-refractivity contribution < 1.29 is 14.3 Å². The van der Waals surface area contributed by atoms with Crippen molar-refractivity contribution in [2.75, 3.05) is 18.0 Å². The number of aromatic amines is 1. The predicted octanol–water partition coefficient (Wildman–Crippen LogP) is 1.75. The third-order valence-corrected chi connectivity index (χ3v) is 3.51. The summed E-state index contributed by atoms with van der Waals surface area (Å²) in [6.07, 6.45) is -2.09. The summed E-state index contributed by atoms with van der Waals surface area (Å²) in [4.78, 5) is 20.2. The van der Waals surface area contributed by atoms with Gasteiger partial charge in [-0.2, -0.15) is 0 Å². The molecule has 1 aromatic carbocycles. The van der Waals surface area contributed by atoms with E-state index in [1.807, 2.05) is 29.2 Å². The zero-order chi connectivity index (χ0) is 14.1. The van der Waals surface area contributed by atoms with Gasteiger partial charge >= 0.3 is 6.09 Å². The number of nitrogens with one attached hydrogen (secondary N) is 2. The van der Waals surface area contributed by atoms with Gasteiger partial charge in [0, 0.05) is 13.1 Å². The number of halogens is 1. The first-order valence-electron chi connectivity index (χ1n) is 6.47. The fourth-order valence-corrected chi connectivity index (χ4v) is 2.50. The summed E-state index contributed by atoms with van der Waals surface area (Å²) in [6.45, 7) is 0.784. The van der Waals surface area contributed by atoms with E-state index in [1.54, 1.807) is 0 Å². The molecular weight excluding hydrogens is 263 g/mol. The lowest BCUT2D eigenvalue weighted by Gasteiger charge is -2.34. The van der Waals surface area contributed by atoms with E-state index in [0.717, 1.165) is 11.0 Å². The highest BCUT2D eigenvalue weighted by Crippen LogP contribution is 2.22.